The van der Waals surface area contributed by atoms with Crippen LogP contribution in [0.3, 0.4) is 0 Å². The topological polar surface area (TPSA) is 88.4 Å². The van der Waals surface area contributed by atoms with Gasteiger partial charge >= 0.3 is 5.97 Å². The van der Waals surface area contributed by atoms with Crippen LogP contribution in [0.15, 0.2) is 29.6 Å². The Morgan fingerprint density at radius 3 is 3.19 bits per heavy atom. The maximum atomic E-state index is 12.1. The maximum absolute atomic E-state index is 12.1. The molecule has 0 N–H and O–H groups in total. The lowest BCUT2D eigenvalue weighted by Gasteiger charge is -2.21. The van der Waals surface area contributed by atoms with Gasteiger partial charge in [-0.05, 0) is 28.8 Å². The molecule has 0 amide bonds. The quantitative estimate of drug-likeness (QED) is 0.616. The summed E-state index contributed by atoms with van der Waals surface area (Å²) < 4.78 is 16.0. The second kappa shape index (κ2) is 7.40. The van der Waals surface area contributed by atoms with Gasteiger partial charge in [0.1, 0.15) is 12.4 Å². The minimum absolute atomic E-state index is 0.0359. The Balaban J connectivity index is 1.40. The first-order valence-electron chi connectivity index (χ1n) is 7.68. The second-order valence-electron chi connectivity index (χ2n) is 5.45. The number of fused-ring (bicyclic) bond motifs is 1. The Kier molecular flexibility index (Phi) is 4.83. The minimum Gasteiger partial charge on any atom is -0.467 e. The predicted octanol–water partition coefficient (Wildman–Crippen LogP) is 2.66. The molecule has 0 spiro atoms. The van der Waals surface area contributed by atoms with Crippen molar-refractivity contribution >= 4 is 28.9 Å². The average Bonchev–Trinajstić information content (AvgIpc) is 3.31. The average molecular weight is 393 g/mol. The molecular formula is C16H13ClN4O4S. The van der Waals surface area contributed by atoms with Crippen molar-refractivity contribution in [1.29, 1.82) is 0 Å². The molecule has 0 bridgehead atoms. The third-order valence-corrected chi connectivity index (χ3v) is 4.69. The molecule has 0 saturated heterocycles. The van der Waals surface area contributed by atoms with E-state index in [1.165, 1.54) is 16.1 Å². The van der Waals surface area contributed by atoms with Gasteiger partial charge in [-0.3, -0.25) is 0 Å². The number of hydrogen-bond acceptors (Lipinski definition) is 8. The highest BCUT2D eigenvalue weighted by molar-refractivity contribution is 7.13. The first-order chi connectivity index (χ1) is 12.7. The summed E-state index contributed by atoms with van der Waals surface area (Å²) in [6.45, 7) is 0.467. The standard InChI is InChI=1S/C16H13ClN4O4S/c17-12-4-10-7-23-9-25-15(10)11(5-12)8-24-14(22)6-21-19-16(18-20-21)13-2-1-3-26-13/h1-5H,6-9H2. The van der Waals surface area contributed by atoms with Gasteiger partial charge in [0, 0.05) is 16.1 Å². The van der Waals surface area contributed by atoms with Crippen molar-refractivity contribution in [3.05, 3.63) is 45.8 Å². The Morgan fingerprint density at radius 1 is 1.42 bits per heavy atom. The Morgan fingerprint density at radius 2 is 2.35 bits per heavy atom. The molecule has 1 aliphatic rings. The van der Waals surface area contributed by atoms with Crippen LogP contribution in [0.25, 0.3) is 10.7 Å². The van der Waals surface area contributed by atoms with Crippen LogP contribution in [-0.2, 0) is 34.0 Å². The molecule has 0 aliphatic carbocycles. The summed E-state index contributed by atoms with van der Waals surface area (Å²) in [5, 5.41) is 14.4. The van der Waals surface area contributed by atoms with Crippen molar-refractivity contribution in [2.24, 2.45) is 0 Å². The molecule has 8 nitrogen and oxygen atoms in total. The van der Waals surface area contributed by atoms with E-state index in [1.807, 2.05) is 17.5 Å². The molecule has 10 heteroatoms. The van der Waals surface area contributed by atoms with Crippen LogP contribution >= 0.6 is 22.9 Å². The first kappa shape index (κ1) is 17.0. The van der Waals surface area contributed by atoms with E-state index in [0.717, 1.165) is 10.4 Å². The fraction of sp³-hybridized carbons (Fsp3) is 0.250. The molecule has 1 aliphatic heterocycles. The van der Waals surface area contributed by atoms with Crippen molar-refractivity contribution in [1.82, 2.24) is 20.2 Å². The van der Waals surface area contributed by atoms with Crippen molar-refractivity contribution in [2.45, 2.75) is 19.8 Å². The Bertz CT molecular complexity index is 928. The Labute approximate surface area is 157 Å². The number of rotatable bonds is 5. The smallest absolute Gasteiger partial charge is 0.330 e. The number of nitrogens with zero attached hydrogens (tertiary/aromatic N) is 4. The molecular weight excluding hydrogens is 380 g/mol. The van der Waals surface area contributed by atoms with Crippen LogP contribution in [-0.4, -0.2) is 33.0 Å². The number of tetrazole rings is 1. The fourth-order valence-corrected chi connectivity index (χ4v) is 3.41. The summed E-state index contributed by atoms with van der Waals surface area (Å²) in [4.78, 5) is 14.2. The molecule has 0 saturated carbocycles. The van der Waals surface area contributed by atoms with E-state index in [1.54, 1.807) is 12.1 Å². The van der Waals surface area contributed by atoms with Gasteiger partial charge in [-0.1, -0.05) is 17.7 Å². The summed E-state index contributed by atoms with van der Waals surface area (Å²) in [5.74, 6) is 0.637. The first-order valence-corrected chi connectivity index (χ1v) is 8.94. The van der Waals surface area contributed by atoms with Gasteiger partial charge in [-0.25, -0.2) is 4.79 Å². The normalized spacial score (nSPS) is 13.1. The largest absolute Gasteiger partial charge is 0.467 e. The zero-order valence-electron chi connectivity index (χ0n) is 13.4. The number of benzene rings is 1. The highest BCUT2D eigenvalue weighted by Gasteiger charge is 2.18. The summed E-state index contributed by atoms with van der Waals surface area (Å²) in [7, 11) is 0. The monoisotopic (exact) mass is 392 g/mol. The molecule has 134 valence electrons. The fourth-order valence-electron chi connectivity index (χ4n) is 2.50. The SMILES string of the molecule is O=C(Cn1nnc(-c2cccs2)n1)OCc1cc(Cl)cc2c1OCOC2. The van der Waals surface area contributed by atoms with Crippen molar-refractivity contribution in [2.75, 3.05) is 6.79 Å². The van der Waals surface area contributed by atoms with Crippen molar-refractivity contribution in [3.63, 3.8) is 0 Å². The van der Waals surface area contributed by atoms with Gasteiger partial charge in [0.2, 0.25) is 5.82 Å². The number of carbonyl (C=O) groups excluding carboxylic acids is 1. The predicted molar refractivity (Wildman–Crippen MR) is 92.7 cm³/mol. The molecule has 2 aromatic heterocycles. The van der Waals surface area contributed by atoms with Crippen LogP contribution < -0.4 is 4.74 Å². The number of ether oxygens (including phenoxy) is 3. The molecule has 26 heavy (non-hydrogen) atoms. The number of hydrogen-bond donors (Lipinski definition) is 0. The Hall–Kier alpha value is -2.49. The van der Waals surface area contributed by atoms with Crippen LogP contribution in [0.4, 0.5) is 0 Å². The van der Waals surface area contributed by atoms with Gasteiger partial charge in [0.15, 0.2) is 13.3 Å². The van der Waals surface area contributed by atoms with Gasteiger partial charge in [0.05, 0.1) is 11.5 Å². The van der Waals surface area contributed by atoms with E-state index >= 15 is 0 Å². The lowest BCUT2D eigenvalue weighted by molar-refractivity contribution is -0.146. The van der Waals surface area contributed by atoms with Crippen LogP contribution in [0.2, 0.25) is 5.02 Å². The summed E-state index contributed by atoms with van der Waals surface area (Å²) in [6.07, 6.45) is 0. The van der Waals surface area contributed by atoms with E-state index in [0.29, 0.717) is 28.8 Å². The van der Waals surface area contributed by atoms with E-state index in [4.69, 9.17) is 25.8 Å². The second-order valence-corrected chi connectivity index (χ2v) is 6.83. The van der Waals surface area contributed by atoms with Gasteiger partial charge in [-0.2, -0.15) is 4.80 Å². The number of halogens is 1. The highest BCUT2D eigenvalue weighted by Crippen LogP contribution is 2.32. The molecule has 0 radical (unpaired) electrons. The molecule has 0 atom stereocenters. The third-order valence-electron chi connectivity index (χ3n) is 3.61. The third kappa shape index (κ3) is 3.69. The summed E-state index contributed by atoms with van der Waals surface area (Å²) in [5.41, 5.74) is 1.52. The van der Waals surface area contributed by atoms with Crippen LogP contribution in [0, 0.1) is 0 Å². The van der Waals surface area contributed by atoms with Gasteiger partial charge in [0.25, 0.3) is 0 Å². The molecule has 3 heterocycles. The number of aromatic nitrogens is 4. The molecule has 0 unspecified atom stereocenters. The van der Waals surface area contributed by atoms with Gasteiger partial charge < -0.3 is 14.2 Å². The van der Waals surface area contributed by atoms with Gasteiger partial charge in [-0.15, -0.1) is 21.5 Å². The lowest BCUT2D eigenvalue weighted by atomic mass is 10.1. The zero-order valence-corrected chi connectivity index (χ0v) is 15.0. The minimum atomic E-state index is -0.485. The van der Waals surface area contributed by atoms with Crippen LogP contribution in [0.5, 0.6) is 5.75 Å². The maximum Gasteiger partial charge on any atom is 0.330 e. The summed E-state index contributed by atoms with van der Waals surface area (Å²) in [6, 6.07) is 7.26. The van der Waals surface area contributed by atoms with E-state index in [2.05, 4.69) is 15.4 Å². The highest BCUT2D eigenvalue weighted by atomic mass is 35.5. The number of thiophene rings is 1. The molecule has 4 rings (SSSR count). The van der Waals surface area contributed by atoms with Crippen molar-refractivity contribution in [3.8, 4) is 16.5 Å². The molecule has 1 aromatic carbocycles. The van der Waals surface area contributed by atoms with E-state index in [-0.39, 0.29) is 19.9 Å². The lowest BCUT2D eigenvalue weighted by Crippen LogP contribution is -2.17. The summed E-state index contributed by atoms with van der Waals surface area (Å²) >= 11 is 7.59. The van der Waals surface area contributed by atoms with E-state index < -0.39 is 5.97 Å². The molecule has 0 fully saturated rings. The number of carbonyl (C=O) groups is 1. The van der Waals surface area contributed by atoms with Crippen LogP contribution in [0.1, 0.15) is 11.1 Å². The zero-order chi connectivity index (χ0) is 17.9. The van der Waals surface area contributed by atoms with Crippen molar-refractivity contribution < 1.29 is 19.0 Å². The number of esters is 1. The molecule has 3 aromatic rings. The van der Waals surface area contributed by atoms with E-state index in [9.17, 15) is 4.79 Å².